The van der Waals surface area contributed by atoms with Gasteiger partial charge in [-0.3, -0.25) is 9.59 Å². The molecule has 0 amide bonds. The second-order valence-electron chi connectivity index (χ2n) is 4.95. The van der Waals surface area contributed by atoms with Crippen molar-refractivity contribution in [2.75, 3.05) is 0 Å². The molecule has 0 N–H and O–H groups in total. The molecule has 0 saturated carbocycles. The second kappa shape index (κ2) is 5.41. The third-order valence-electron chi connectivity index (χ3n) is 3.44. The van der Waals surface area contributed by atoms with Crippen LogP contribution in [0.25, 0.3) is 0 Å². The van der Waals surface area contributed by atoms with Gasteiger partial charge < -0.3 is 4.74 Å². The Hall–Kier alpha value is -3.01. The number of esters is 1. The second-order valence-corrected chi connectivity index (χ2v) is 4.95. The average Bonchev–Trinajstić information content (AvgIpc) is 2.53. The molecule has 0 spiro atoms. The SMILES string of the molecule is CC1=CC(=O)c2c(OC(=O)c3ccccc3)cccc2C1=O. The van der Waals surface area contributed by atoms with Crippen LogP contribution in [0.1, 0.15) is 38.0 Å². The highest BCUT2D eigenvalue weighted by Crippen LogP contribution is 2.29. The summed E-state index contributed by atoms with van der Waals surface area (Å²) in [7, 11) is 0. The minimum Gasteiger partial charge on any atom is -0.422 e. The van der Waals surface area contributed by atoms with Crippen molar-refractivity contribution in [3.8, 4) is 5.75 Å². The molecule has 1 aliphatic carbocycles. The average molecular weight is 292 g/mol. The summed E-state index contributed by atoms with van der Waals surface area (Å²) in [5.41, 5.74) is 1.16. The van der Waals surface area contributed by atoms with Gasteiger partial charge in [-0.25, -0.2) is 4.79 Å². The van der Waals surface area contributed by atoms with Crippen molar-refractivity contribution in [3.05, 3.63) is 76.9 Å². The maximum absolute atomic E-state index is 12.2. The normalized spacial score (nSPS) is 13.4. The van der Waals surface area contributed by atoms with Gasteiger partial charge in [0.1, 0.15) is 5.75 Å². The zero-order chi connectivity index (χ0) is 15.7. The highest BCUT2D eigenvalue weighted by atomic mass is 16.5. The van der Waals surface area contributed by atoms with E-state index in [0.717, 1.165) is 0 Å². The molecule has 0 aromatic heterocycles. The van der Waals surface area contributed by atoms with Crippen molar-refractivity contribution in [3.63, 3.8) is 0 Å². The number of fused-ring (bicyclic) bond motifs is 1. The Kier molecular flexibility index (Phi) is 3.43. The molecule has 0 bridgehead atoms. The standard InChI is InChI=1S/C18H12O4/c1-11-10-14(19)16-13(17(11)20)8-5-9-15(16)22-18(21)12-6-3-2-4-7-12/h2-10H,1H3. The van der Waals surface area contributed by atoms with E-state index in [0.29, 0.717) is 11.1 Å². The molecule has 4 nitrogen and oxygen atoms in total. The quantitative estimate of drug-likeness (QED) is 0.630. The number of allylic oxidation sites excluding steroid dienone is 2. The van der Waals surface area contributed by atoms with Gasteiger partial charge in [-0.1, -0.05) is 30.3 Å². The largest absolute Gasteiger partial charge is 0.422 e. The Labute approximate surface area is 127 Å². The lowest BCUT2D eigenvalue weighted by Crippen LogP contribution is -2.18. The van der Waals surface area contributed by atoms with Gasteiger partial charge in [0, 0.05) is 11.1 Å². The van der Waals surface area contributed by atoms with Crippen LogP contribution in [0.3, 0.4) is 0 Å². The number of Topliss-reactive ketones (excluding diaryl/α,β-unsaturated/α-hetero) is 1. The van der Waals surface area contributed by atoms with Crippen LogP contribution in [0.5, 0.6) is 5.75 Å². The lowest BCUT2D eigenvalue weighted by molar-refractivity contribution is 0.0731. The number of carbonyl (C=O) groups is 3. The summed E-state index contributed by atoms with van der Waals surface area (Å²) >= 11 is 0. The van der Waals surface area contributed by atoms with Crippen molar-refractivity contribution in [2.45, 2.75) is 6.92 Å². The smallest absolute Gasteiger partial charge is 0.343 e. The highest BCUT2D eigenvalue weighted by Gasteiger charge is 2.27. The molecular formula is C18H12O4. The lowest BCUT2D eigenvalue weighted by Gasteiger charge is -2.16. The van der Waals surface area contributed by atoms with Gasteiger partial charge in [0.25, 0.3) is 0 Å². The van der Waals surface area contributed by atoms with E-state index < -0.39 is 5.97 Å². The fourth-order valence-electron chi connectivity index (χ4n) is 2.34. The van der Waals surface area contributed by atoms with Crippen LogP contribution in [-0.2, 0) is 0 Å². The maximum atomic E-state index is 12.2. The number of hydrogen-bond acceptors (Lipinski definition) is 4. The topological polar surface area (TPSA) is 60.4 Å². The Balaban J connectivity index is 2.00. The van der Waals surface area contributed by atoms with E-state index in [1.807, 2.05) is 0 Å². The van der Waals surface area contributed by atoms with Gasteiger partial charge in [-0.2, -0.15) is 0 Å². The molecule has 0 heterocycles. The van der Waals surface area contributed by atoms with Gasteiger partial charge in [0.05, 0.1) is 11.1 Å². The summed E-state index contributed by atoms with van der Waals surface area (Å²) < 4.78 is 5.31. The molecule has 0 saturated heterocycles. The monoisotopic (exact) mass is 292 g/mol. The number of ether oxygens (including phenoxy) is 1. The molecular weight excluding hydrogens is 280 g/mol. The van der Waals surface area contributed by atoms with E-state index in [4.69, 9.17) is 4.74 Å². The molecule has 0 aliphatic heterocycles. The van der Waals surface area contributed by atoms with E-state index in [1.165, 1.54) is 12.1 Å². The molecule has 108 valence electrons. The number of hydrogen-bond donors (Lipinski definition) is 0. The van der Waals surface area contributed by atoms with E-state index >= 15 is 0 Å². The van der Waals surface area contributed by atoms with Gasteiger partial charge in [0.15, 0.2) is 11.6 Å². The molecule has 2 aromatic carbocycles. The Morgan fingerprint density at radius 3 is 2.41 bits per heavy atom. The summed E-state index contributed by atoms with van der Waals surface area (Å²) in [5.74, 6) is -1.02. The Bertz CT molecular complexity index is 816. The molecule has 22 heavy (non-hydrogen) atoms. The number of ketones is 2. The first-order valence-electron chi connectivity index (χ1n) is 6.75. The minimum absolute atomic E-state index is 0.105. The number of rotatable bonds is 2. The van der Waals surface area contributed by atoms with E-state index in [2.05, 4.69) is 0 Å². The molecule has 0 fully saturated rings. The van der Waals surface area contributed by atoms with Crippen LogP contribution in [0, 0.1) is 0 Å². The summed E-state index contributed by atoms with van der Waals surface area (Å²) in [6.07, 6.45) is 1.27. The molecule has 1 aliphatic rings. The zero-order valence-corrected chi connectivity index (χ0v) is 11.8. The Morgan fingerprint density at radius 1 is 0.955 bits per heavy atom. The van der Waals surface area contributed by atoms with Crippen LogP contribution in [0.15, 0.2) is 60.2 Å². The predicted octanol–water partition coefficient (Wildman–Crippen LogP) is 3.23. The maximum Gasteiger partial charge on any atom is 0.343 e. The highest BCUT2D eigenvalue weighted by molar-refractivity contribution is 6.25. The lowest BCUT2D eigenvalue weighted by atomic mass is 9.89. The number of benzene rings is 2. The molecule has 0 atom stereocenters. The minimum atomic E-state index is -0.569. The van der Waals surface area contributed by atoms with Crippen molar-refractivity contribution >= 4 is 17.5 Å². The fourth-order valence-corrected chi connectivity index (χ4v) is 2.34. The molecule has 2 aromatic rings. The number of carbonyl (C=O) groups excluding carboxylic acids is 3. The van der Waals surface area contributed by atoms with Crippen LogP contribution in [0.4, 0.5) is 0 Å². The zero-order valence-electron chi connectivity index (χ0n) is 11.8. The van der Waals surface area contributed by atoms with Crippen molar-refractivity contribution in [1.82, 2.24) is 0 Å². The summed E-state index contributed by atoms with van der Waals surface area (Å²) in [4.78, 5) is 36.4. The van der Waals surface area contributed by atoms with Crippen LogP contribution in [0.2, 0.25) is 0 Å². The summed E-state index contributed by atoms with van der Waals surface area (Å²) in [6, 6.07) is 13.1. The molecule has 4 heteroatoms. The van der Waals surface area contributed by atoms with E-state index in [9.17, 15) is 14.4 Å². The van der Waals surface area contributed by atoms with Crippen LogP contribution < -0.4 is 4.74 Å². The third kappa shape index (κ3) is 2.35. The van der Waals surface area contributed by atoms with Gasteiger partial charge in [0.2, 0.25) is 0 Å². The van der Waals surface area contributed by atoms with E-state index in [1.54, 1.807) is 49.4 Å². The summed E-state index contributed by atoms with van der Waals surface area (Å²) in [6.45, 7) is 1.59. The van der Waals surface area contributed by atoms with Crippen molar-refractivity contribution < 1.29 is 19.1 Å². The molecule has 0 unspecified atom stereocenters. The molecule has 0 radical (unpaired) electrons. The van der Waals surface area contributed by atoms with Gasteiger partial charge in [-0.15, -0.1) is 0 Å². The Morgan fingerprint density at radius 2 is 1.68 bits per heavy atom. The van der Waals surface area contributed by atoms with Crippen molar-refractivity contribution in [1.29, 1.82) is 0 Å². The molecule has 3 rings (SSSR count). The first-order valence-corrected chi connectivity index (χ1v) is 6.75. The van der Waals surface area contributed by atoms with E-state index in [-0.39, 0.29) is 28.4 Å². The van der Waals surface area contributed by atoms with Crippen molar-refractivity contribution in [2.24, 2.45) is 0 Å². The fraction of sp³-hybridized carbons (Fsp3) is 0.0556. The first kappa shape index (κ1) is 13.9. The summed E-state index contributed by atoms with van der Waals surface area (Å²) in [5, 5.41) is 0. The van der Waals surface area contributed by atoms with Crippen LogP contribution >= 0.6 is 0 Å². The van der Waals surface area contributed by atoms with Gasteiger partial charge in [-0.05, 0) is 31.2 Å². The first-order chi connectivity index (χ1) is 10.6. The van der Waals surface area contributed by atoms with Gasteiger partial charge >= 0.3 is 5.97 Å². The van der Waals surface area contributed by atoms with Crippen LogP contribution in [-0.4, -0.2) is 17.5 Å². The third-order valence-corrected chi connectivity index (χ3v) is 3.44. The predicted molar refractivity (Wildman–Crippen MR) is 80.3 cm³/mol.